The summed E-state index contributed by atoms with van der Waals surface area (Å²) in [5.74, 6) is -0.456. The highest BCUT2D eigenvalue weighted by Crippen LogP contribution is 2.62. The molecule has 5 rings (SSSR count). The van der Waals surface area contributed by atoms with E-state index >= 15 is 0 Å². The van der Waals surface area contributed by atoms with Gasteiger partial charge in [-0.05, 0) is 55.2 Å². The second-order valence-corrected chi connectivity index (χ2v) is 8.62. The first-order chi connectivity index (χ1) is 15.0. The average molecular weight is 420 g/mol. The first-order valence-electron chi connectivity index (χ1n) is 10.6. The lowest BCUT2D eigenvalue weighted by atomic mass is 9.98. The van der Waals surface area contributed by atoms with Crippen LogP contribution in [0, 0.1) is 40.7 Å². The Labute approximate surface area is 178 Å². The van der Waals surface area contributed by atoms with E-state index in [0.717, 1.165) is 25.3 Å². The molecule has 0 bridgehead atoms. The number of nitrogens with zero attached hydrogens (tertiary/aromatic N) is 3. The lowest BCUT2D eigenvalue weighted by Gasteiger charge is -2.22. The molecule has 0 unspecified atom stereocenters. The van der Waals surface area contributed by atoms with Gasteiger partial charge in [0, 0.05) is 29.8 Å². The standard InChI is InChI=1S/C24H22F2N4O/c1-2-20(29-24(31)14-5-3-4-13(6-14)11-27)23-16-7-15(8-17(16)23)30-12-28-21-9-18(25)19(26)10-22(21)30/h3-6,9-10,12,15-17,20,23H,2,7-8H2,1H3,(H,29,31)/t15-,16-,17+,20-,23+/m1/s1. The van der Waals surface area contributed by atoms with E-state index in [4.69, 9.17) is 5.26 Å². The van der Waals surface area contributed by atoms with Crippen LogP contribution in [0.4, 0.5) is 8.78 Å². The molecular formula is C24H22F2N4O. The monoisotopic (exact) mass is 420 g/mol. The summed E-state index contributed by atoms with van der Waals surface area (Å²) in [6.07, 6.45) is 4.39. The van der Waals surface area contributed by atoms with Crippen molar-refractivity contribution in [2.24, 2.45) is 17.8 Å². The number of amides is 1. The molecule has 2 aromatic carbocycles. The quantitative estimate of drug-likeness (QED) is 0.656. The zero-order valence-electron chi connectivity index (χ0n) is 17.1. The van der Waals surface area contributed by atoms with Crippen molar-refractivity contribution < 1.29 is 13.6 Å². The second-order valence-electron chi connectivity index (χ2n) is 8.62. The maximum Gasteiger partial charge on any atom is 0.251 e. The topological polar surface area (TPSA) is 70.7 Å². The summed E-state index contributed by atoms with van der Waals surface area (Å²) in [4.78, 5) is 16.9. The lowest BCUT2D eigenvalue weighted by Crippen LogP contribution is -2.37. The van der Waals surface area contributed by atoms with Crippen LogP contribution < -0.4 is 5.32 Å². The van der Waals surface area contributed by atoms with E-state index in [-0.39, 0.29) is 18.0 Å². The number of nitrogens with one attached hydrogen (secondary N) is 1. The summed E-state index contributed by atoms with van der Waals surface area (Å²) in [7, 11) is 0. The number of rotatable bonds is 5. The number of carbonyl (C=O) groups is 1. The molecule has 0 radical (unpaired) electrons. The molecule has 0 saturated heterocycles. The van der Waals surface area contributed by atoms with Gasteiger partial charge in [0.15, 0.2) is 11.6 Å². The predicted octanol–water partition coefficient (Wildman–Crippen LogP) is 4.59. The Bertz CT molecular complexity index is 1200. The third-order valence-electron chi connectivity index (χ3n) is 6.97. The molecule has 2 aliphatic carbocycles. The third-order valence-corrected chi connectivity index (χ3v) is 6.97. The van der Waals surface area contributed by atoms with E-state index in [1.165, 1.54) is 6.07 Å². The Balaban J connectivity index is 1.26. The molecule has 1 N–H and O–H groups in total. The van der Waals surface area contributed by atoms with E-state index in [1.54, 1.807) is 30.6 Å². The van der Waals surface area contributed by atoms with Crippen molar-refractivity contribution in [3.63, 3.8) is 0 Å². The Kier molecular flexibility index (Phi) is 4.73. The van der Waals surface area contributed by atoms with Gasteiger partial charge in [-0.15, -0.1) is 0 Å². The van der Waals surface area contributed by atoms with Crippen LogP contribution >= 0.6 is 0 Å². The fourth-order valence-corrected chi connectivity index (χ4v) is 5.45. The van der Waals surface area contributed by atoms with Gasteiger partial charge in [-0.25, -0.2) is 13.8 Å². The SMILES string of the molecule is CC[C@@H](NC(=O)c1cccc(C#N)c1)[C@H]1[C@@H]2C[C@@H](n3cnc4cc(F)c(F)cc43)C[C@@H]21. The molecule has 0 spiro atoms. The zero-order chi connectivity index (χ0) is 21.7. The van der Waals surface area contributed by atoms with Gasteiger partial charge in [0.2, 0.25) is 0 Å². The minimum Gasteiger partial charge on any atom is -0.349 e. The second kappa shape index (κ2) is 7.45. The number of imidazole rings is 1. The van der Waals surface area contributed by atoms with Gasteiger partial charge >= 0.3 is 0 Å². The van der Waals surface area contributed by atoms with Crippen LogP contribution in [0.3, 0.4) is 0 Å². The molecule has 1 heterocycles. The number of aromatic nitrogens is 2. The summed E-state index contributed by atoms with van der Waals surface area (Å²) in [6, 6.07) is 11.5. The number of fused-ring (bicyclic) bond motifs is 2. The maximum absolute atomic E-state index is 13.7. The van der Waals surface area contributed by atoms with Gasteiger partial charge in [-0.3, -0.25) is 4.79 Å². The molecule has 5 atom stereocenters. The number of hydrogen-bond donors (Lipinski definition) is 1. The highest BCUT2D eigenvalue weighted by molar-refractivity contribution is 5.94. The zero-order valence-corrected chi connectivity index (χ0v) is 17.1. The normalized spacial score (nSPS) is 25.1. The van der Waals surface area contributed by atoms with Crippen LogP contribution in [0.15, 0.2) is 42.7 Å². The molecule has 2 aliphatic rings. The van der Waals surface area contributed by atoms with Crippen molar-refractivity contribution in [1.82, 2.24) is 14.9 Å². The molecule has 3 aromatic rings. The van der Waals surface area contributed by atoms with E-state index in [9.17, 15) is 13.6 Å². The Morgan fingerprint density at radius 1 is 1.26 bits per heavy atom. The number of hydrogen-bond acceptors (Lipinski definition) is 3. The number of benzene rings is 2. The van der Waals surface area contributed by atoms with Crippen LogP contribution in [0.5, 0.6) is 0 Å². The van der Waals surface area contributed by atoms with Crippen LogP contribution in [0.25, 0.3) is 11.0 Å². The first kappa shape index (κ1) is 19.7. The molecule has 7 heteroatoms. The summed E-state index contributed by atoms with van der Waals surface area (Å²) >= 11 is 0. The first-order valence-corrected chi connectivity index (χ1v) is 10.6. The third kappa shape index (κ3) is 3.36. The van der Waals surface area contributed by atoms with E-state index in [0.29, 0.717) is 39.9 Å². The van der Waals surface area contributed by atoms with Crippen molar-refractivity contribution in [1.29, 1.82) is 5.26 Å². The van der Waals surface area contributed by atoms with Gasteiger partial charge in [0.1, 0.15) is 0 Å². The molecule has 158 valence electrons. The van der Waals surface area contributed by atoms with Crippen molar-refractivity contribution in [2.45, 2.75) is 38.3 Å². The molecule has 2 saturated carbocycles. The van der Waals surface area contributed by atoms with Crippen molar-refractivity contribution >= 4 is 16.9 Å². The minimum atomic E-state index is -0.881. The fourth-order valence-electron chi connectivity index (χ4n) is 5.45. The van der Waals surface area contributed by atoms with Gasteiger partial charge in [-0.2, -0.15) is 5.26 Å². The Morgan fingerprint density at radius 2 is 2.00 bits per heavy atom. The van der Waals surface area contributed by atoms with Gasteiger partial charge in [0.05, 0.1) is 29.0 Å². The van der Waals surface area contributed by atoms with Crippen LogP contribution in [0.2, 0.25) is 0 Å². The Hall–Kier alpha value is -3.27. The van der Waals surface area contributed by atoms with Crippen LogP contribution in [-0.2, 0) is 0 Å². The molecule has 1 aromatic heterocycles. The summed E-state index contributed by atoms with van der Waals surface area (Å²) in [6.45, 7) is 2.07. The minimum absolute atomic E-state index is 0.0836. The van der Waals surface area contributed by atoms with Crippen LogP contribution in [0.1, 0.15) is 48.1 Å². The summed E-state index contributed by atoms with van der Waals surface area (Å²) in [5, 5.41) is 12.2. The van der Waals surface area contributed by atoms with E-state index in [1.807, 2.05) is 4.57 Å². The summed E-state index contributed by atoms with van der Waals surface area (Å²) in [5.41, 5.74) is 2.06. The largest absolute Gasteiger partial charge is 0.349 e. The highest BCUT2D eigenvalue weighted by Gasteiger charge is 2.59. The number of carbonyl (C=O) groups excluding carboxylic acids is 1. The average Bonchev–Trinajstić information content (AvgIpc) is 3.10. The van der Waals surface area contributed by atoms with Gasteiger partial charge < -0.3 is 9.88 Å². The molecule has 31 heavy (non-hydrogen) atoms. The van der Waals surface area contributed by atoms with E-state index in [2.05, 4.69) is 23.3 Å². The maximum atomic E-state index is 13.7. The van der Waals surface area contributed by atoms with Crippen LogP contribution in [-0.4, -0.2) is 21.5 Å². The van der Waals surface area contributed by atoms with Crippen molar-refractivity contribution in [3.05, 3.63) is 65.5 Å². The molecule has 1 amide bonds. The number of nitriles is 1. The Morgan fingerprint density at radius 3 is 2.71 bits per heavy atom. The van der Waals surface area contributed by atoms with Gasteiger partial charge in [-0.1, -0.05) is 13.0 Å². The molecule has 2 fully saturated rings. The smallest absolute Gasteiger partial charge is 0.251 e. The fraction of sp³-hybridized carbons (Fsp3) is 0.375. The number of halogens is 2. The van der Waals surface area contributed by atoms with Crippen molar-refractivity contribution in [3.8, 4) is 6.07 Å². The predicted molar refractivity (Wildman–Crippen MR) is 111 cm³/mol. The molecule has 5 nitrogen and oxygen atoms in total. The summed E-state index contributed by atoms with van der Waals surface area (Å²) < 4.78 is 29.2. The molecular weight excluding hydrogens is 398 g/mol. The molecule has 0 aliphatic heterocycles. The lowest BCUT2D eigenvalue weighted by molar-refractivity contribution is 0.0927. The van der Waals surface area contributed by atoms with Crippen molar-refractivity contribution in [2.75, 3.05) is 0 Å². The highest BCUT2D eigenvalue weighted by atomic mass is 19.2. The van der Waals surface area contributed by atoms with Gasteiger partial charge in [0.25, 0.3) is 5.91 Å². The van der Waals surface area contributed by atoms with E-state index < -0.39 is 11.6 Å².